The number of pyridine rings is 6. The Morgan fingerprint density at radius 2 is 0.586 bits per heavy atom. The molecule has 12 nitrogen and oxygen atoms in total. The van der Waals surface area contributed by atoms with Crippen LogP contribution < -0.4 is 32.3 Å². The maximum atomic E-state index is 15.6. The highest BCUT2D eigenvalue weighted by molar-refractivity contribution is 7.85. The molecule has 0 saturated carbocycles. The average molecular weight is 801 g/mol. The predicted octanol–water partition coefficient (Wildman–Crippen LogP) is 5.73. The van der Waals surface area contributed by atoms with E-state index in [1.165, 1.54) is 12.1 Å². The van der Waals surface area contributed by atoms with Crippen molar-refractivity contribution in [3.8, 4) is 34.2 Å². The zero-order chi connectivity index (χ0) is 40.3. The van der Waals surface area contributed by atoms with E-state index in [0.29, 0.717) is 44.8 Å². The zero-order valence-corrected chi connectivity index (χ0v) is 32.1. The third kappa shape index (κ3) is 7.14. The molecule has 2 N–H and O–H groups in total. The van der Waals surface area contributed by atoms with Gasteiger partial charge in [0.2, 0.25) is 14.3 Å². The molecule has 0 radical (unpaired) electrons. The second kappa shape index (κ2) is 15.7. The number of hydrogen-bond acceptors (Lipinski definition) is 10. The molecule has 0 fully saturated rings. The summed E-state index contributed by atoms with van der Waals surface area (Å²) in [6.45, 7) is 0. The number of hydrogen-bond donors (Lipinski definition) is 2. The molecule has 0 aliphatic carbocycles. The summed E-state index contributed by atoms with van der Waals surface area (Å²) in [4.78, 5) is 51.2. The fraction of sp³-hybridized carbons (Fsp3) is 0. The van der Waals surface area contributed by atoms with Gasteiger partial charge in [0, 0.05) is 10.6 Å². The SMILES string of the molecule is O=C(O)c1cccc(-c2cccc(P(=O)(c3ccccc3)c3cccc(-c4cccc(P(=O)(c5ccccc5)c5cccc(-c6cccc(C(=O)O)n6)n5)n4)n3)n2)n1. The van der Waals surface area contributed by atoms with Crippen molar-refractivity contribution >= 4 is 58.6 Å². The van der Waals surface area contributed by atoms with Gasteiger partial charge in [-0.05, 0) is 72.8 Å². The molecule has 2 aromatic carbocycles. The Balaban J connectivity index is 1.24. The molecule has 8 rings (SSSR count). The van der Waals surface area contributed by atoms with Crippen LogP contribution in [0.5, 0.6) is 0 Å². The number of rotatable bonds is 11. The lowest BCUT2D eigenvalue weighted by Crippen LogP contribution is -2.30. The maximum Gasteiger partial charge on any atom is 0.354 e. The predicted molar refractivity (Wildman–Crippen MR) is 222 cm³/mol. The Kier molecular flexibility index (Phi) is 10.2. The number of aromatic carboxylic acids is 2. The molecule has 58 heavy (non-hydrogen) atoms. The van der Waals surface area contributed by atoms with Gasteiger partial charge in [-0.3, -0.25) is 0 Å². The first-order valence-electron chi connectivity index (χ1n) is 17.8. The van der Waals surface area contributed by atoms with E-state index in [1.54, 1.807) is 146 Å². The quantitative estimate of drug-likeness (QED) is 0.152. The van der Waals surface area contributed by atoms with Crippen LogP contribution in [-0.4, -0.2) is 52.1 Å². The third-order valence-electron chi connectivity index (χ3n) is 9.19. The van der Waals surface area contributed by atoms with Crippen molar-refractivity contribution in [1.82, 2.24) is 29.9 Å². The van der Waals surface area contributed by atoms with Crippen LogP contribution in [0.3, 0.4) is 0 Å². The number of nitrogens with zero attached hydrogens (tertiary/aromatic N) is 6. The summed E-state index contributed by atoms with van der Waals surface area (Å²) in [5, 5.41) is 20.0. The Bertz CT molecular complexity index is 2750. The van der Waals surface area contributed by atoms with E-state index in [2.05, 4.69) is 9.97 Å². The van der Waals surface area contributed by atoms with Gasteiger partial charge in [-0.1, -0.05) is 97.1 Å². The first kappa shape index (κ1) is 37.7. The number of carbonyl (C=O) groups is 2. The van der Waals surface area contributed by atoms with Gasteiger partial charge < -0.3 is 19.3 Å². The second-order valence-electron chi connectivity index (χ2n) is 12.8. The Morgan fingerprint density at radius 3 is 0.862 bits per heavy atom. The molecule has 2 atom stereocenters. The van der Waals surface area contributed by atoms with Crippen LogP contribution >= 0.6 is 14.3 Å². The van der Waals surface area contributed by atoms with Crippen LogP contribution in [0.15, 0.2) is 170 Å². The monoisotopic (exact) mass is 800 g/mol. The Labute approximate surface area is 331 Å². The van der Waals surface area contributed by atoms with Crippen LogP contribution in [0, 0.1) is 0 Å². The number of carboxylic acids is 2. The molecule has 282 valence electrons. The Morgan fingerprint density at radius 1 is 0.328 bits per heavy atom. The first-order valence-corrected chi connectivity index (χ1v) is 21.2. The lowest BCUT2D eigenvalue weighted by Gasteiger charge is -2.20. The molecule has 6 heterocycles. The van der Waals surface area contributed by atoms with Crippen molar-refractivity contribution in [2.45, 2.75) is 0 Å². The molecule has 0 spiro atoms. The molecule has 0 aliphatic rings. The summed E-state index contributed by atoms with van der Waals surface area (Å²) in [7, 11) is -7.58. The van der Waals surface area contributed by atoms with Crippen molar-refractivity contribution in [3.05, 3.63) is 181 Å². The van der Waals surface area contributed by atoms with E-state index in [1.807, 2.05) is 12.1 Å². The Hall–Kier alpha value is -7.26. The van der Waals surface area contributed by atoms with Crippen molar-refractivity contribution < 1.29 is 28.9 Å². The van der Waals surface area contributed by atoms with Gasteiger partial charge in [0.1, 0.15) is 33.1 Å². The highest BCUT2D eigenvalue weighted by Crippen LogP contribution is 2.43. The third-order valence-corrected chi connectivity index (χ3v) is 14.8. The topological polar surface area (TPSA) is 186 Å². The molecule has 8 aromatic rings. The van der Waals surface area contributed by atoms with Gasteiger partial charge in [-0.15, -0.1) is 0 Å². The van der Waals surface area contributed by atoms with Crippen molar-refractivity contribution in [2.24, 2.45) is 0 Å². The highest BCUT2D eigenvalue weighted by Gasteiger charge is 2.35. The van der Waals surface area contributed by atoms with Crippen LogP contribution in [0.1, 0.15) is 21.0 Å². The lowest BCUT2D eigenvalue weighted by atomic mass is 10.2. The molecule has 2 unspecified atom stereocenters. The van der Waals surface area contributed by atoms with E-state index in [-0.39, 0.29) is 33.1 Å². The highest BCUT2D eigenvalue weighted by atomic mass is 31.2. The summed E-state index contributed by atoms with van der Waals surface area (Å²) in [5.74, 6) is -2.37. The summed E-state index contributed by atoms with van der Waals surface area (Å²) in [6.07, 6.45) is 0. The van der Waals surface area contributed by atoms with Crippen molar-refractivity contribution in [2.75, 3.05) is 0 Å². The van der Waals surface area contributed by atoms with Gasteiger partial charge in [-0.2, -0.15) is 0 Å². The van der Waals surface area contributed by atoms with Gasteiger partial charge >= 0.3 is 11.9 Å². The fourth-order valence-corrected chi connectivity index (χ4v) is 11.3. The maximum absolute atomic E-state index is 15.6. The number of carboxylic acid groups (broad SMARTS) is 2. The zero-order valence-electron chi connectivity index (χ0n) is 30.3. The first-order chi connectivity index (χ1) is 28.1. The minimum Gasteiger partial charge on any atom is -0.477 e. The second-order valence-corrected chi connectivity index (χ2v) is 18.1. The number of benzene rings is 2. The van der Waals surface area contributed by atoms with E-state index in [0.717, 1.165) is 0 Å². The molecular formula is C44H30N6O6P2. The van der Waals surface area contributed by atoms with E-state index < -0.39 is 26.2 Å². The number of aromatic nitrogens is 6. The molecule has 0 aliphatic heterocycles. The molecule has 0 bridgehead atoms. The van der Waals surface area contributed by atoms with Crippen LogP contribution in [0.4, 0.5) is 0 Å². The minimum atomic E-state index is -3.79. The lowest BCUT2D eigenvalue weighted by molar-refractivity contribution is 0.0680. The standard InChI is InChI=1S/C44H30N6O6P2/c51-43(52)37-23-7-17-31(45-37)33-19-9-25-39(47-33)57(55,29-13-3-1-4-14-29)41-27-11-21-35(49-41)36-22-12-28-42(50-36)58(56,30-15-5-2-6-16-30)40-26-10-20-34(48-40)32-18-8-24-38(46-32)44(53)54/h1-28H,(H,51,52)(H,53,54). The molecule has 0 saturated heterocycles. The minimum absolute atomic E-state index is 0.150. The normalized spacial score (nSPS) is 13.2. The van der Waals surface area contributed by atoms with Crippen molar-refractivity contribution in [3.63, 3.8) is 0 Å². The smallest absolute Gasteiger partial charge is 0.354 e. The average Bonchev–Trinajstić information content (AvgIpc) is 3.29. The largest absolute Gasteiger partial charge is 0.477 e. The molecular weight excluding hydrogens is 770 g/mol. The van der Waals surface area contributed by atoms with Gasteiger partial charge in [0.25, 0.3) is 0 Å². The summed E-state index contributed by atoms with van der Waals surface area (Å²) in [6, 6.07) is 47.2. The van der Waals surface area contributed by atoms with E-state index in [4.69, 9.17) is 19.9 Å². The summed E-state index contributed by atoms with van der Waals surface area (Å²) < 4.78 is 31.2. The fourth-order valence-electron chi connectivity index (χ4n) is 6.40. The van der Waals surface area contributed by atoms with Crippen LogP contribution in [0.25, 0.3) is 34.2 Å². The molecule has 0 amide bonds. The van der Waals surface area contributed by atoms with Crippen LogP contribution in [0.2, 0.25) is 0 Å². The van der Waals surface area contributed by atoms with Gasteiger partial charge in [0.15, 0.2) is 0 Å². The summed E-state index contributed by atoms with van der Waals surface area (Å²) in [5.41, 5.74) is 2.57. The van der Waals surface area contributed by atoms with E-state index in [9.17, 15) is 19.8 Å². The summed E-state index contributed by atoms with van der Waals surface area (Å²) >= 11 is 0. The molecule has 6 aromatic heterocycles. The van der Waals surface area contributed by atoms with Crippen molar-refractivity contribution in [1.29, 1.82) is 0 Å². The molecule has 14 heteroatoms. The van der Waals surface area contributed by atoms with Crippen LogP contribution in [-0.2, 0) is 9.13 Å². The van der Waals surface area contributed by atoms with Gasteiger partial charge in [-0.25, -0.2) is 39.5 Å². The van der Waals surface area contributed by atoms with E-state index >= 15 is 9.13 Å². The van der Waals surface area contributed by atoms with Gasteiger partial charge in [0.05, 0.1) is 34.2 Å².